The molecule has 0 amide bonds. The van der Waals surface area contributed by atoms with Gasteiger partial charge in [0.1, 0.15) is 6.61 Å². The predicted octanol–water partition coefficient (Wildman–Crippen LogP) is 5.22. The standard InChI is InChI=1S/C26H24F3NO4/c27-26(28,29)22-9-10-23(20-8-4-7-19(13-20)14-24(31)32)21(15-22)16-30-12-11-25(33)34-17-18-5-2-1-3-6-18/h1-10,13,15,30H,11-12,14,16-17H2,(H,31,32). The van der Waals surface area contributed by atoms with Crippen LogP contribution in [0.25, 0.3) is 11.1 Å². The van der Waals surface area contributed by atoms with E-state index in [0.29, 0.717) is 22.3 Å². The van der Waals surface area contributed by atoms with Crippen LogP contribution in [0.15, 0.2) is 72.8 Å². The fraction of sp³-hybridized carbons (Fsp3) is 0.231. The molecule has 0 fully saturated rings. The highest BCUT2D eigenvalue weighted by Crippen LogP contribution is 2.33. The van der Waals surface area contributed by atoms with Crippen LogP contribution in [0.3, 0.4) is 0 Å². The number of rotatable bonds is 10. The van der Waals surface area contributed by atoms with Crippen molar-refractivity contribution in [2.75, 3.05) is 6.54 Å². The molecule has 0 bridgehead atoms. The molecule has 0 aliphatic carbocycles. The molecule has 0 aliphatic rings. The Morgan fingerprint density at radius 3 is 2.35 bits per heavy atom. The third-order valence-corrected chi connectivity index (χ3v) is 5.09. The molecule has 0 atom stereocenters. The van der Waals surface area contributed by atoms with E-state index in [4.69, 9.17) is 9.84 Å². The zero-order valence-corrected chi connectivity index (χ0v) is 18.3. The van der Waals surface area contributed by atoms with Crippen LogP contribution in [0.2, 0.25) is 0 Å². The van der Waals surface area contributed by atoms with Gasteiger partial charge in [-0.1, -0.05) is 60.7 Å². The minimum atomic E-state index is -4.50. The van der Waals surface area contributed by atoms with Gasteiger partial charge < -0.3 is 15.2 Å². The van der Waals surface area contributed by atoms with Crippen molar-refractivity contribution in [1.82, 2.24) is 5.32 Å². The molecule has 0 saturated heterocycles. The van der Waals surface area contributed by atoms with E-state index in [2.05, 4.69) is 5.32 Å². The molecular formula is C26H24F3NO4. The Morgan fingerprint density at radius 2 is 1.65 bits per heavy atom. The summed E-state index contributed by atoms with van der Waals surface area (Å²) in [4.78, 5) is 23.0. The van der Waals surface area contributed by atoms with Crippen molar-refractivity contribution in [3.05, 3.63) is 95.1 Å². The second kappa shape index (κ2) is 11.5. The number of ether oxygens (including phenoxy) is 1. The van der Waals surface area contributed by atoms with E-state index in [-0.39, 0.29) is 32.5 Å². The van der Waals surface area contributed by atoms with E-state index in [1.807, 2.05) is 30.3 Å². The van der Waals surface area contributed by atoms with Crippen LogP contribution in [0.5, 0.6) is 0 Å². The van der Waals surface area contributed by atoms with Crippen molar-refractivity contribution in [2.45, 2.75) is 32.2 Å². The number of carboxylic acids is 1. The molecule has 0 aliphatic heterocycles. The molecule has 0 aromatic heterocycles. The molecular weight excluding hydrogens is 447 g/mol. The second-order valence-corrected chi connectivity index (χ2v) is 7.71. The van der Waals surface area contributed by atoms with Crippen molar-refractivity contribution < 1.29 is 32.6 Å². The quantitative estimate of drug-likeness (QED) is 0.313. The number of carboxylic acid groups (broad SMARTS) is 1. The van der Waals surface area contributed by atoms with Crippen molar-refractivity contribution in [2.24, 2.45) is 0 Å². The van der Waals surface area contributed by atoms with E-state index >= 15 is 0 Å². The maximum atomic E-state index is 13.3. The molecule has 3 aromatic carbocycles. The molecule has 0 unspecified atom stereocenters. The van der Waals surface area contributed by atoms with Gasteiger partial charge in [-0.3, -0.25) is 9.59 Å². The third kappa shape index (κ3) is 7.45. The maximum Gasteiger partial charge on any atom is 0.416 e. The van der Waals surface area contributed by atoms with Gasteiger partial charge in [0.2, 0.25) is 0 Å². The molecule has 2 N–H and O–H groups in total. The number of benzene rings is 3. The highest BCUT2D eigenvalue weighted by atomic mass is 19.4. The van der Waals surface area contributed by atoms with Crippen molar-refractivity contribution in [1.29, 1.82) is 0 Å². The monoisotopic (exact) mass is 471 g/mol. The Balaban J connectivity index is 1.67. The van der Waals surface area contributed by atoms with E-state index in [1.165, 1.54) is 6.07 Å². The summed E-state index contributed by atoms with van der Waals surface area (Å²) in [5.74, 6) is -1.41. The second-order valence-electron chi connectivity index (χ2n) is 7.71. The first-order chi connectivity index (χ1) is 16.2. The Kier molecular flexibility index (Phi) is 8.43. The zero-order valence-electron chi connectivity index (χ0n) is 18.3. The topological polar surface area (TPSA) is 75.6 Å². The molecule has 0 spiro atoms. The lowest BCUT2D eigenvalue weighted by molar-refractivity contribution is -0.145. The van der Waals surface area contributed by atoms with Crippen LogP contribution in [-0.4, -0.2) is 23.6 Å². The fourth-order valence-corrected chi connectivity index (χ4v) is 3.45. The first-order valence-corrected chi connectivity index (χ1v) is 10.6. The summed E-state index contributed by atoms with van der Waals surface area (Å²) < 4.78 is 45.1. The third-order valence-electron chi connectivity index (χ3n) is 5.09. The fourth-order valence-electron chi connectivity index (χ4n) is 3.45. The largest absolute Gasteiger partial charge is 0.481 e. The highest BCUT2D eigenvalue weighted by molar-refractivity contribution is 5.73. The minimum absolute atomic E-state index is 0.0647. The Bertz CT molecular complexity index is 1130. The Morgan fingerprint density at radius 1 is 0.912 bits per heavy atom. The van der Waals surface area contributed by atoms with Gasteiger partial charge in [-0.25, -0.2) is 0 Å². The van der Waals surface area contributed by atoms with E-state index in [1.54, 1.807) is 24.3 Å². The number of carbonyl (C=O) groups is 2. The summed E-state index contributed by atoms with van der Waals surface area (Å²) >= 11 is 0. The van der Waals surface area contributed by atoms with Gasteiger partial charge in [-0.2, -0.15) is 13.2 Å². The van der Waals surface area contributed by atoms with E-state index in [9.17, 15) is 22.8 Å². The molecule has 3 rings (SSSR count). The summed E-state index contributed by atoms with van der Waals surface area (Å²) in [7, 11) is 0. The van der Waals surface area contributed by atoms with Crippen LogP contribution in [0, 0.1) is 0 Å². The van der Waals surface area contributed by atoms with Gasteiger partial charge in [0.05, 0.1) is 18.4 Å². The molecule has 34 heavy (non-hydrogen) atoms. The zero-order chi connectivity index (χ0) is 24.6. The number of alkyl halides is 3. The Hall–Kier alpha value is -3.65. The van der Waals surface area contributed by atoms with Gasteiger partial charge in [0.25, 0.3) is 0 Å². The number of carbonyl (C=O) groups excluding carboxylic acids is 1. The number of esters is 1. The van der Waals surface area contributed by atoms with Crippen LogP contribution in [0.4, 0.5) is 13.2 Å². The van der Waals surface area contributed by atoms with Gasteiger partial charge in [0, 0.05) is 13.1 Å². The van der Waals surface area contributed by atoms with Gasteiger partial charge >= 0.3 is 18.1 Å². The lowest BCUT2D eigenvalue weighted by Gasteiger charge is -2.15. The summed E-state index contributed by atoms with van der Waals surface area (Å²) in [6.07, 6.45) is -4.62. The first-order valence-electron chi connectivity index (χ1n) is 10.6. The molecule has 3 aromatic rings. The molecule has 178 valence electrons. The van der Waals surface area contributed by atoms with Gasteiger partial charge in [-0.15, -0.1) is 0 Å². The van der Waals surface area contributed by atoms with E-state index in [0.717, 1.165) is 17.7 Å². The van der Waals surface area contributed by atoms with Crippen LogP contribution >= 0.6 is 0 Å². The first kappa shape index (κ1) is 25.0. The number of halogens is 3. The number of hydrogen-bond donors (Lipinski definition) is 2. The average molecular weight is 471 g/mol. The molecule has 0 saturated carbocycles. The maximum absolute atomic E-state index is 13.3. The van der Waals surface area contributed by atoms with Crippen molar-refractivity contribution >= 4 is 11.9 Å². The molecule has 5 nitrogen and oxygen atoms in total. The van der Waals surface area contributed by atoms with Crippen molar-refractivity contribution in [3.63, 3.8) is 0 Å². The van der Waals surface area contributed by atoms with Gasteiger partial charge in [0.15, 0.2) is 0 Å². The number of hydrogen-bond acceptors (Lipinski definition) is 4. The minimum Gasteiger partial charge on any atom is -0.481 e. The lowest BCUT2D eigenvalue weighted by Crippen LogP contribution is -2.20. The highest BCUT2D eigenvalue weighted by Gasteiger charge is 2.31. The normalized spacial score (nSPS) is 11.3. The van der Waals surface area contributed by atoms with Crippen molar-refractivity contribution in [3.8, 4) is 11.1 Å². The molecule has 0 heterocycles. The Labute approximate surface area is 195 Å². The summed E-state index contributed by atoms with van der Waals surface area (Å²) in [5.41, 5.74) is 2.19. The van der Waals surface area contributed by atoms with Crippen LogP contribution < -0.4 is 5.32 Å². The molecule has 8 heteroatoms. The molecule has 0 radical (unpaired) electrons. The smallest absolute Gasteiger partial charge is 0.416 e. The van der Waals surface area contributed by atoms with Crippen LogP contribution in [0.1, 0.15) is 28.7 Å². The SMILES string of the molecule is O=C(O)Cc1cccc(-c2ccc(C(F)(F)F)cc2CNCCC(=O)OCc2ccccc2)c1. The average Bonchev–Trinajstić information content (AvgIpc) is 2.80. The predicted molar refractivity (Wildman–Crippen MR) is 121 cm³/mol. The number of aliphatic carboxylic acids is 1. The summed E-state index contributed by atoms with van der Waals surface area (Å²) in [6, 6.07) is 19.4. The summed E-state index contributed by atoms with van der Waals surface area (Å²) in [5, 5.41) is 12.0. The summed E-state index contributed by atoms with van der Waals surface area (Å²) in [6.45, 7) is 0.473. The lowest BCUT2D eigenvalue weighted by atomic mass is 9.95. The number of nitrogens with one attached hydrogen (secondary N) is 1. The van der Waals surface area contributed by atoms with Gasteiger partial charge in [-0.05, 0) is 39.9 Å². The van der Waals surface area contributed by atoms with Crippen LogP contribution in [-0.2, 0) is 40.1 Å². The van der Waals surface area contributed by atoms with E-state index < -0.39 is 23.7 Å².